The first-order valence-electron chi connectivity index (χ1n) is 13.3. The fraction of sp³-hybridized carbons (Fsp3) is 0.290. The molecule has 9 nitrogen and oxygen atoms in total. The minimum absolute atomic E-state index is 0.204. The first kappa shape index (κ1) is 29.9. The standard InChI is InChI=1S/C31H35N5O4S/c1-21-20-41-29(34-21)19-36(2)31(39)25-11-7-10-24(14-25)30(38)35-27(13-22-8-5-4-6-9-22)28(37)18-33-16-23-12-26(40-3)17-32-15-23/h4-12,14-15,17,20,27-28,33,37H,13,16,18-19H2,1-3H3,(H,35,38). The summed E-state index contributed by atoms with van der Waals surface area (Å²) in [6.07, 6.45) is 2.92. The predicted octanol–water partition coefficient (Wildman–Crippen LogP) is 3.62. The summed E-state index contributed by atoms with van der Waals surface area (Å²) in [6.45, 7) is 3.03. The number of ether oxygens (including phenoxy) is 1. The number of benzene rings is 2. The summed E-state index contributed by atoms with van der Waals surface area (Å²) in [5.74, 6) is 0.0868. The number of hydrogen-bond donors (Lipinski definition) is 3. The van der Waals surface area contributed by atoms with Crippen molar-refractivity contribution in [3.8, 4) is 5.75 Å². The molecule has 0 spiro atoms. The van der Waals surface area contributed by atoms with E-state index in [4.69, 9.17) is 4.74 Å². The van der Waals surface area contributed by atoms with E-state index in [1.807, 2.05) is 48.7 Å². The Hall–Kier alpha value is -4.12. The predicted molar refractivity (Wildman–Crippen MR) is 159 cm³/mol. The van der Waals surface area contributed by atoms with Crippen LogP contribution in [0.5, 0.6) is 5.75 Å². The second-order valence-corrected chi connectivity index (χ2v) is 10.8. The number of aromatic nitrogens is 2. The lowest BCUT2D eigenvalue weighted by atomic mass is 10.00. The molecular formula is C31H35N5O4S. The van der Waals surface area contributed by atoms with Gasteiger partial charge in [0, 0.05) is 48.5 Å². The van der Waals surface area contributed by atoms with Crippen LogP contribution in [0.15, 0.2) is 78.4 Å². The van der Waals surface area contributed by atoms with Gasteiger partial charge in [-0.2, -0.15) is 0 Å². The number of carbonyl (C=O) groups excluding carboxylic acids is 2. The quantitative estimate of drug-likeness (QED) is 0.224. The molecule has 2 unspecified atom stereocenters. The van der Waals surface area contributed by atoms with E-state index in [-0.39, 0.29) is 18.4 Å². The SMILES string of the molecule is COc1cncc(CNCC(O)C(Cc2ccccc2)NC(=O)c2cccc(C(=O)N(C)Cc3nc(C)cs3)c2)c1. The van der Waals surface area contributed by atoms with Crippen molar-refractivity contribution in [3.63, 3.8) is 0 Å². The molecule has 3 N–H and O–H groups in total. The Labute approximate surface area is 244 Å². The van der Waals surface area contributed by atoms with Crippen LogP contribution in [0.25, 0.3) is 0 Å². The van der Waals surface area contributed by atoms with Gasteiger partial charge in [0.25, 0.3) is 11.8 Å². The van der Waals surface area contributed by atoms with Crippen LogP contribution in [0, 0.1) is 6.92 Å². The van der Waals surface area contributed by atoms with E-state index in [1.54, 1.807) is 55.7 Å². The van der Waals surface area contributed by atoms with Gasteiger partial charge in [-0.1, -0.05) is 36.4 Å². The van der Waals surface area contributed by atoms with Crippen molar-refractivity contribution < 1.29 is 19.4 Å². The van der Waals surface area contributed by atoms with E-state index in [1.165, 1.54) is 11.3 Å². The van der Waals surface area contributed by atoms with Gasteiger partial charge in [0.05, 0.1) is 32.0 Å². The van der Waals surface area contributed by atoms with Gasteiger partial charge in [-0.15, -0.1) is 11.3 Å². The van der Waals surface area contributed by atoms with Crippen LogP contribution in [0.3, 0.4) is 0 Å². The molecule has 4 aromatic rings. The summed E-state index contributed by atoms with van der Waals surface area (Å²) in [7, 11) is 3.30. The van der Waals surface area contributed by atoms with Crippen LogP contribution in [-0.4, -0.2) is 64.6 Å². The van der Waals surface area contributed by atoms with Gasteiger partial charge < -0.3 is 25.4 Å². The maximum atomic E-state index is 13.4. The third-order valence-electron chi connectivity index (χ3n) is 6.52. The molecular weight excluding hydrogens is 538 g/mol. The van der Waals surface area contributed by atoms with Crippen molar-refractivity contribution in [3.05, 3.63) is 111 Å². The largest absolute Gasteiger partial charge is 0.495 e. The third kappa shape index (κ3) is 8.68. The molecule has 2 heterocycles. The van der Waals surface area contributed by atoms with Gasteiger partial charge in [0.15, 0.2) is 0 Å². The molecule has 214 valence electrons. The van der Waals surface area contributed by atoms with E-state index < -0.39 is 12.1 Å². The van der Waals surface area contributed by atoms with Crippen molar-refractivity contribution in [1.29, 1.82) is 0 Å². The molecule has 2 aromatic carbocycles. The highest BCUT2D eigenvalue weighted by molar-refractivity contribution is 7.09. The van der Waals surface area contributed by atoms with Crippen molar-refractivity contribution in [2.45, 2.75) is 38.6 Å². The average Bonchev–Trinajstić information content (AvgIpc) is 3.41. The molecule has 2 aromatic heterocycles. The third-order valence-corrected chi connectivity index (χ3v) is 7.48. The number of methoxy groups -OCH3 is 1. The molecule has 0 bridgehead atoms. The van der Waals surface area contributed by atoms with Gasteiger partial charge in [-0.05, 0) is 48.7 Å². The minimum atomic E-state index is -0.879. The Balaban J connectivity index is 1.42. The highest BCUT2D eigenvalue weighted by atomic mass is 32.1. The van der Waals surface area contributed by atoms with Crippen molar-refractivity contribution in [2.24, 2.45) is 0 Å². The molecule has 0 radical (unpaired) electrons. The molecule has 2 amide bonds. The molecule has 0 fully saturated rings. The maximum absolute atomic E-state index is 13.4. The van der Waals surface area contributed by atoms with Gasteiger partial charge >= 0.3 is 0 Å². The topological polar surface area (TPSA) is 117 Å². The zero-order chi connectivity index (χ0) is 29.2. The molecule has 41 heavy (non-hydrogen) atoms. The van der Waals surface area contributed by atoms with Gasteiger partial charge in [-0.25, -0.2) is 4.98 Å². The van der Waals surface area contributed by atoms with Gasteiger partial charge in [0.2, 0.25) is 0 Å². The minimum Gasteiger partial charge on any atom is -0.495 e. The molecule has 2 atom stereocenters. The number of nitrogens with one attached hydrogen (secondary N) is 2. The van der Waals surface area contributed by atoms with Crippen LogP contribution in [0.1, 0.15) is 42.5 Å². The van der Waals surface area contributed by atoms with Crippen LogP contribution in [0.4, 0.5) is 0 Å². The lowest BCUT2D eigenvalue weighted by Gasteiger charge is -2.25. The summed E-state index contributed by atoms with van der Waals surface area (Å²) < 4.78 is 5.22. The monoisotopic (exact) mass is 573 g/mol. The fourth-order valence-corrected chi connectivity index (χ4v) is 5.17. The molecule has 0 aliphatic rings. The Bertz CT molecular complexity index is 1450. The second kappa shape index (κ2) is 14.5. The summed E-state index contributed by atoms with van der Waals surface area (Å²) >= 11 is 1.51. The summed E-state index contributed by atoms with van der Waals surface area (Å²) in [5, 5.41) is 20.1. The number of aliphatic hydroxyl groups excluding tert-OH is 1. The van der Waals surface area contributed by atoms with Crippen LogP contribution in [-0.2, 0) is 19.5 Å². The van der Waals surface area contributed by atoms with Crippen LogP contribution >= 0.6 is 11.3 Å². The number of amides is 2. The second-order valence-electron chi connectivity index (χ2n) is 9.83. The first-order valence-corrected chi connectivity index (χ1v) is 14.2. The highest BCUT2D eigenvalue weighted by Gasteiger charge is 2.23. The number of pyridine rings is 1. The van der Waals surface area contributed by atoms with Crippen LogP contribution < -0.4 is 15.4 Å². The Morgan fingerprint density at radius 2 is 1.83 bits per heavy atom. The Kier molecular flexibility index (Phi) is 10.6. The molecule has 0 aliphatic carbocycles. The summed E-state index contributed by atoms with van der Waals surface area (Å²) in [6, 6.07) is 17.6. The van der Waals surface area contributed by atoms with E-state index in [2.05, 4.69) is 20.6 Å². The van der Waals surface area contributed by atoms with Crippen molar-refractivity contribution in [1.82, 2.24) is 25.5 Å². The molecule has 4 rings (SSSR count). The van der Waals surface area contributed by atoms with Crippen molar-refractivity contribution >= 4 is 23.2 Å². The number of carbonyl (C=O) groups is 2. The smallest absolute Gasteiger partial charge is 0.253 e. The maximum Gasteiger partial charge on any atom is 0.253 e. The lowest BCUT2D eigenvalue weighted by molar-refractivity contribution is 0.0784. The molecule has 10 heteroatoms. The number of rotatable bonds is 13. The Morgan fingerprint density at radius 1 is 1.05 bits per heavy atom. The normalized spacial score (nSPS) is 12.4. The number of thiazole rings is 1. The molecule has 0 aliphatic heterocycles. The zero-order valence-corrected chi connectivity index (χ0v) is 24.2. The number of aryl methyl sites for hydroxylation is 1. The fourth-order valence-electron chi connectivity index (χ4n) is 4.35. The summed E-state index contributed by atoms with van der Waals surface area (Å²) in [5.41, 5.74) is 3.56. The van der Waals surface area contributed by atoms with Crippen molar-refractivity contribution in [2.75, 3.05) is 20.7 Å². The molecule has 0 saturated heterocycles. The summed E-state index contributed by atoms with van der Waals surface area (Å²) in [4.78, 5) is 36.6. The Morgan fingerprint density at radius 3 is 2.56 bits per heavy atom. The first-order chi connectivity index (χ1) is 19.8. The highest BCUT2D eigenvalue weighted by Crippen LogP contribution is 2.15. The number of hydrogen-bond acceptors (Lipinski definition) is 8. The zero-order valence-electron chi connectivity index (χ0n) is 23.4. The van der Waals surface area contributed by atoms with E-state index in [0.29, 0.717) is 36.4 Å². The van der Waals surface area contributed by atoms with Gasteiger partial charge in [-0.3, -0.25) is 14.6 Å². The van der Waals surface area contributed by atoms with E-state index in [0.717, 1.165) is 21.8 Å². The van der Waals surface area contributed by atoms with E-state index >= 15 is 0 Å². The van der Waals surface area contributed by atoms with Crippen LogP contribution in [0.2, 0.25) is 0 Å². The van der Waals surface area contributed by atoms with Gasteiger partial charge in [0.1, 0.15) is 10.8 Å². The lowest BCUT2D eigenvalue weighted by Crippen LogP contribution is -2.48. The average molecular weight is 574 g/mol. The molecule has 0 saturated carbocycles. The number of aliphatic hydroxyl groups is 1. The number of nitrogens with zero attached hydrogens (tertiary/aromatic N) is 3. The van der Waals surface area contributed by atoms with E-state index in [9.17, 15) is 14.7 Å².